The predicted octanol–water partition coefficient (Wildman–Crippen LogP) is 1.80. The molecule has 2 saturated heterocycles. The van der Waals surface area contributed by atoms with Gasteiger partial charge < -0.3 is 19.4 Å². The Balaban J connectivity index is 1.21. The van der Waals surface area contributed by atoms with Gasteiger partial charge in [-0.1, -0.05) is 0 Å². The van der Waals surface area contributed by atoms with Crippen molar-refractivity contribution in [1.29, 1.82) is 0 Å². The summed E-state index contributed by atoms with van der Waals surface area (Å²) < 4.78 is 18.6. The maximum Gasteiger partial charge on any atom is 0.272 e. The predicted molar refractivity (Wildman–Crippen MR) is 117 cm³/mol. The lowest BCUT2D eigenvalue weighted by molar-refractivity contribution is 0.0740. The van der Waals surface area contributed by atoms with E-state index in [1.807, 2.05) is 11.0 Å². The minimum atomic E-state index is -0.306. The molecule has 2 fully saturated rings. The number of aromatic amines is 1. The lowest BCUT2D eigenvalue weighted by Crippen LogP contribution is -2.49. The Bertz CT molecular complexity index is 1070. The summed E-state index contributed by atoms with van der Waals surface area (Å²) in [7, 11) is 0. The van der Waals surface area contributed by atoms with Crippen LogP contribution in [0.2, 0.25) is 0 Å². The first-order valence-electron chi connectivity index (χ1n) is 10.7. The van der Waals surface area contributed by atoms with E-state index in [2.05, 4.69) is 30.0 Å². The van der Waals surface area contributed by atoms with E-state index >= 15 is 0 Å². The summed E-state index contributed by atoms with van der Waals surface area (Å²) in [4.78, 5) is 28.0. The fourth-order valence-corrected chi connectivity index (χ4v) is 3.98. The fraction of sp³-hybridized carbons (Fsp3) is 0.364. The molecule has 166 valence electrons. The lowest BCUT2D eigenvalue weighted by Gasteiger charge is -2.35. The zero-order valence-electron chi connectivity index (χ0n) is 17.6. The fourth-order valence-electron chi connectivity index (χ4n) is 3.98. The maximum absolute atomic E-state index is 13.1. The van der Waals surface area contributed by atoms with Gasteiger partial charge in [-0.25, -0.2) is 14.4 Å². The molecule has 0 unspecified atom stereocenters. The van der Waals surface area contributed by atoms with Crippen LogP contribution >= 0.6 is 0 Å². The first-order chi connectivity index (χ1) is 15.7. The number of amides is 1. The lowest BCUT2D eigenvalue weighted by atomic mass is 10.1. The number of anilines is 2. The quantitative estimate of drug-likeness (QED) is 0.666. The van der Waals surface area contributed by atoms with Crippen LogP contribution in [0.4, 0.5) is 16.0 Å². The van der Waals surface area contributed by atoms with Crippen molar-refractivity contribution in [1.82, 2.24) is 25.1 Å². The van der Waals surface area contributed by atoms with Gasteiger partial charge in [0.1, 0.15) is 29.5 Å². The highest BCUT2D eigenvalue weighted by molar-refractivity contribution is 5.93. The molecule has 5 rings (SSSR count). The van der Waals surface area contributed by atoms with Crippen LogP contribution in [0.25, 0.3) is 11.3 Å². The number of hydrogen-bond donors (Lipinski definition) is 1. The number of benzene rings is 1. The maximum atomic E-state index is 13.1. The van der Waals surface area contributed by atoms with Crippen molar-refractivity contribution in [3.8, 4) is 11.3 Å². The molecule has 0 aliphatic carbocycles. The average molecular weight is 437 g/mol. The number of halogens is 1. The molecule has 32 heavy (non-hydrogen) atoms. The summed E-state index contributed by atoms with van der Waals surface area (Å²) >= 11 is 0. The Morgan fingerprint density at radius 3 is 2.25 bits per heavy atom. The molecule has 2 aliphatic heterocycles. The highest BCUT2D eigenvalue weighted by Crippen LogP contribution is 2.22. The molecule has 0 radical (unpaired) electrons. The standard InChI is InChI=1S/C22H24FN7O2/c23-17-3-1-16(2-4-17)18-13-19(27-26-18)22(31)30-7-5-28(6-8-30)20-14-21(25-15-24-20)29-9-11-32-12-10-29/h1-4,13-15H,5-12H2,(H,26,27). The van der Waals surface area contributed by atoms with E-state index in [0.29, 0.717) is 50.8 Å². The molecule has 1 aromatic carbocycles. The van der Waals surface area contributed by atoms with Crippen molar-refractivity contribution in [2.75, 3.05) is 62.3 Å². The Labute approximate surface area is 184 Å². The van der Waals surface area contributed by atoms with Gasteiger partial charge in [0.05, 0.1) is 18.9 Å². The van der Waals surface area contributed by atoms with Gasteiger partial charge in [-0.15, -0.1) is 0 Å². The van der Waals surface area contributed by atoms with E-state index in [0.717, 1.165) is 30.3 Å². The second kappa shape index (κ2) is 8.91. The largest absolute Gasteiger partial charge is 0.378 e. The number of morpholine rings is 1. The molecule has 2 aliphatic rings. The summed E-state index contributed by atoms with van der Waals surface area (Å²) in [6.07, 6.45) is 1.60. The number of nitrogens with zero attached hydrogens (tertiary/aromatic N) is 6. The molecule has 0 bridgehead atoms. The summed E-state index contributed by atoms with van der Waals surface area (Å²) in [5.41, 5.74) is 1.80. The highest BCUT2D eigenvalue weighted by Gasteiger charge is 2.25. The molecule has 0 spiro atoms. The Hall–Kier alpha value is -3.53. The summed E-state index contributed by atoms with van der Waals surface area (Å²) in [5, 5.41) is 7.03. The van der Waals surface area contributed by atoms with E-state index in [4.69, 9.17) is 4.74 Å². The zero-order valence-corrected chi connectivity index (χ0v) is 17.6. The third-order valence-electron chi connectivity index (χ3n) is 5.81. The normalized spacial score (nSPS) is 17.0. The van der Waals surface area contributed by atoms with E-state index in [1.165, 1.54) is 12.1 Å². The number of carbonyl (C=O) groups is 1. The minimum Gasteiger partial charge on any atom is -0.378 e. The van der Waals surface area contributed by atoms with Gasteiger partial charge in [0.25, 0.3) is 5.91 Å². The number of ether oxygens (including phenoxy) is 1. The smallest absolute Gasteiger partial charge is 0.272 e. The summed E-state index contributed by atoms with van der Waals surface area (Å²) in [6, 6.07) is 9.76. The monoisotopic (exact) mass is 437 g/mol. The van der Waals surface area contributed by atoms with E-state index in [1.54, 1.807) is 24.5 Å². The van der Waals surface area contributed by atoms with Crippen LogP contribution in [0.1, 0.15) is 10.5 Å². The molecule has 0 saturated carbocycles. The molecule has 9 nitrogen and oxygen atoms in total. The third kappa shape index (κ3) is 4.26. The van der Waals surface area contributed by atoms with Crippen molar-refractivity contribution in [3.05, 3.63) is 54.2 Å². The van der Waals surface area contributed by atoms with E-state index in [9.17, 15) is 9.18 Å². The third-order valence-corrected chi connectivity index (χ3v) is 5.81. The van der Waals surface area contributed by atoms with Crippen LogP contribution < -0.4 is 9.80 Å². The van der Waals surface area contributed by atoms with Crippen LogP contribution in [-0.2, 0) is 4.74 Å². The average Bonchev–Trinajstić information content (AvgIpc) is 3.35. The molecule has 10 heteroatoms. The van der Waals surface area contributed by atoms with Crippen LogP contribution in [0.3, 0.4) is 0 Å². The van der Waals surface area contributed by atoms with Crippen molar-refractivity contribution in [2.24, 2.45) is 0 Å². The Morgan fingerprint density at radius 2 is 1.56 bits per heavy atom. The van der Waals surface area contributed by atoms with Crippen molar-refractivity contribution in [3.63, 3.8) is 0 Å². The van der Waals surface area contributed by atoms with Crippen LogP contribution in [0.15, 0.2) is 42.7 Å². The zero-order chi connectivity index (χ0) is 21.9. The number of carbonyl (C=O) groups excluding carboxylic acids is 1. The number of nitrogens with one attached hydrogen (secondary N) is 1. The highest BCUT2D eigenvalue weighted by atomic mass is 19.1. The Kier molecular flexibility index (Phi) is 5.68. The summed E-state index contributed by atoms with van der Waals surface area (Å²) in [5.74, 6) is 1.37. The number of rotatable bonds is 4. The van der Waals surface area contributed by atoms with Gasteiger partial charge in [-0.2, -0.15) is 5.10 Å². The van der Waals surface area contributed by atoms with Crippen molar-refractivity contribution in [2.45, 2.75) is 0 Å². The number of piperazine rings is 1. The van der Waals surface area contributed by atoms with E-state index < -0.39 is 0 Å². The SMILES string of the molecule is O=C(c1cc(-c2ccc(F)cc2)n[nH]1)N1CCN(c2cc(N3CCOCC3)ncn2)CC1. The molecule has 4 heterocycles. The summed E-state index contributed by atoms with van der Waals surface area (Å²) in [6.45, 7) is 5.59. The van der Waals surface area contributed by atoms with Gasteiger partial charge in [-0.3, -0.25) is 9.89 Å². The molecule has 0 atom stereocenters. The molecular formula is C22H24FN7O2. The molecule has 3 aromatic rings. The second-order valence-corrected chi connectivity index (χ2v) is 7.79. The van der Waals surface area contributed by atoms with Crippen molar-refractivity contribution >= 4 is 17.5 Å². The van der Waals surface area contributed by atoms with Gasteiger partial charge in [0.15, 0.2) is 0 Å². The number of H-pyrrole nitrogens is 1. The van der Waals surface area contributed by atoms with Gasteiger partial charge in [0, 0.05) is 50.9 Å². The molecular weight excluding hydrogens is 413 g/mol. The Morgan fingerprint density at radius 1 is 0.906 bits per heavy atom. The first kappa shape index (κ1) is 20.4. The topological polar surface area (TPSA) is 90.5 Å². The van der Waals surface area contributed by atoms with Crippen molar-refractivity contribution < 1.29 is 13.9 Å². The minimum absolute atomic E-state index is 0.0952. The van der Waals surface area contributed by atoms with Gasteiger partial charge in [0.2, 0.25) is 0 Å². The first-order valence-corrected chi connectivity index (χ1v) is 10.7. The molecule has 2 aromatic heterocycles. The second-order valence-electron chi connectivity index (χ2n) is 7.79. The number of hydrogen-bond acceptors (Lipinski definition) is 7. The van der Waals surface area contributed by atoms with Crippen LogP contribution in [0.5, 0.6) is 0 Å². The van der Waals surface area contributed by atoms with Gasteiger partial charge >= 0.3 is 0 Å². The van der Waals surface area contributed by atoms with Gasteiger partial charge in [-0.05, 0) is 30.3 Å². The van der Waals surface area contributed by atoms with Crippen LogP contribution in [0, 0.1) is 5.82 Å². The molecule has 1 N–H and O–H groups in total. The van der Waals surface area contributed by atoms with E-state index in [-0.39, 0.29) is 11.7 Å². The van der Waals surface area contributed by atoms with Crippen LogP contribution in [-0.4, -0.2) is 83.5 Å². The molecule has 1 amide bonds. The number of aromatic nitrogens is 4.